The fourth-order valence-electron chi connectivity index (χ4n) is 1.50. The fraction of sp³-hybridized carbons (Fsp3) is 0.250. The molecule has 0 fully saturated rings. The smallest absolute Gasteiger partial charge is 0.188 e. The lowest BCUT2D eigenvalue weighted by molar-refractivity contribution is 0.102. The van der Waals surface area contributed by atoms with E-state index < -0.39 is 0 Å². The van der Waals surface area contributed by atoms with E-state index in [1.54, 1.807) is 0 Å². The number of hydrogen-bond donors (Lipinski definition) is 0. The van der Waals surface area contributed by atoms with Gasteiger partial charge in [0, 0.05) is 17.0 Å². The largest absolute Gasteiger partial charge is 0.293 e. The third-order valence-corrected chi connectivity index (χ3v) is 5.44. The van der Waals surface area contributed by atoms with Gasteiger partial charge in [-0.1, -0.05) is 11.8 Å². The van der Waals surface area contributed by atoms with E-state index >= 15 is 0 Å². The van der Waals surface area contributed by atoms with Gasteiger partial charge in [0.15, 0.2) is 10.9 Å². The van der Waals surface area contributed by atoms with Crippen LogP contribution in [0.15, 0.2) is 24.9 Å². The van der Waals surface area contributed by atoms with Gasteiger partial charge < -0.3 is 0 Å². The molecule has 0 unspecified atom stereocenters. The third kappa shape index (κ3) is 4.11. The molecule has 0 N–H and O–H groups in total. The van der Waals surface area contributed by atoms with Crippen molar-refractivity contribution in [3.05, 3.63) is 36.7 Å². The molecule has 2 aromatic rings. The zero-order chi connectivity index (χ0) is 14.0. The van der Waals surface area contributed by atoms with Crippen LogP contribution in [-0.4, -0.2) is 21.5 Å². The number of carbonyl (C=O) groups excluding carboxylic acids is 1. The number of ketones is 1. The highest BCUT2D eigenvalue weighted by Crippen LogP contribution is 2.32. The van der Waals surface area contributed by atoms with Crippen molar-refractivity contribution in [2.45, 2.75) is 19.0 Å². The van der Waals surface area contributed by atoms with E-state index in [0.717, 1.165) is 19.0 Å². The Labute approximate surface area is 136 Å². The van der Waals surface area contributed by atoms with E-state index in [2.05, 4.69) is 41.8 Å². The number of halogens is 2. The van der Waals surface area contributed by atoms with Gasteiger partial charge in [-0.3, -0.25) is 4.79 Å². The Kier molecular flexibility index (Phi) is 5.16. The summed E-state index contributed by atoms with van der Waals surface area (Å²) < 4.78 is 1.79. The van der Waals surface area contributed by atoms with Crippen LogP contribution in [0.3, 0.4) is 0 Å². The Balaban J connectivity index is 2.06. The molecule has 0 spiro atoms. The average molecular weight is 422 g/mol. The van der Waals surface area contributed by atoms with Gasteiger partial charge in [-0.05, 0) is 57.8 Å². The average Bonchev–Trinajstić information content (AvgIpc) is 2.64. The van der Waals surface area contributed by atoms with E-state index in [-0.39, 0.29) is 5.78 Å². The summed E-state index contributed by atoms with van der Waals surface area (Å²) >= 11 is 9.63. The summed E-state index contributed by atoms with van der Waals surface area (Å²) in [4.78, 5) is 20.7. The quantitative estimate of drug-likeness (QED) is 0.409. The first-order valence-corrected chi connectivity index (χ1v) is 8.77. The Hall–Kier alpha value is -0.240. The summed E-state index contributed by atoms with van der Waals surface area (Å²) in [6.45, 7) is 3.85. The second-order valence-electron chi connectivity index (χ2n) is 3.88. The van der Waals surface area contributed by atoms with Crippen molar-refractivity contribution in [2.24, 2.45) is 0 Å². The first-order chi connectivity index (χ1) is 8.95. The van der Waals surface area contributed by atoms with Crippen LogP contribution in [0.25, 0.3) is 0 Å². The molecule has 0 bridgehead atoms. The highest BCUT2D eigenvalue weighted by atomic mass is 79.9. The second kappa shape index (κ2) is 6.47. The minimum absolute atomic E-state index is 0.0709. The number of carbonyl (C=O) groups is 1. The molecule has 2 rings (SSSR count). The molecular formula is C12H10Br2N2OS2. The first kappa shape index (κ1) is 15.2. The lowest BCUT2D eigenvalue weighted by Crippen LogP contribution is -2.03. The lowest BCUT2D eigenvalue weighted by Gasteiger charge is -2.02. The van der Waals surface area contributed by atoms with E-state index in [1.807, 2.05) is 26.0 Å². The summed E-state index contributed by atoms with van der Waals surface area (Å²) in [5.74, 6) is 0.409. The predicted molar refractivity (Wildman–Crippen MR) is 86.3 cm³/mol. The number of rotatable bonds is 4. The molecule has 2 heterocycles. The van der Waals surface area contributed by atoms with Crippen molar-refractivity contribution in [3.8, 4) is 0 Å². The number of nitrogens with zero attached hydrogens (tertiary/aromatic N) is 2. The van der Waals surface area contributed by atoms with Crippen molar-refractivity contribution in [1.82, 2.24) is 9.97 Å². The van der Waals surface area contributed by atoms with Crippen LogP contribution < -0.4 is 0 Å². The summed E-state index contributed by atoms with van der Waals surface area (Å²) in [5, 5.41) is 0.649. The van der Waals surface area contributed by atoms with Gasteiger partial charge in [0.2, 0.25) is 0 Å². The van der Waals surface area contributed by atoms with Crippen LogP contribution in [0.1, 0.15) is 21.7 Å². The molecule has 0 aliphatic rings. The molecule has 0 saturated heterocycles. The fourth-order valence-corrected chi connectivity index (χ4v) is 5.18. The van der Waals surface area contributed by atoms with Crippen LogP contribution in [0.5, 0.6) is 0 Å². The first-order valence-electron chi connectivity index (χ1n) is 5.39. The zero-order valence-corrected chi connectivity index (χ0v) is 15.0. The van der Waals surface area contributed by atoms with Crippen molar-refractivity contribution in [3.63, 3.8) is 0 Å². The molecule has 3 nitrogen and oxygen atoms in total. The van der Waals surface area contributed by atoms with Crippen molar-refractivity contribution in [2.75, 3.05) is 5.75 Å². The van der Waals surface area contributed by atoms with Gasteiger partial charge in [0.25, 0.3) is 0 Å². The monoisotopic (exact) mass is 420 g/mol. The van der Waals surface area contributed by atoms with Gasteiger partial charge in [0.1, 0.15) is 0 Å². The number of aromatic nitrogens is 2. The highest BCUT2D eigenvalue weighted by Gasteiger charge is 2.14. The topological polar surface area (TPSA) is 42.9 Å². The van der Waals surface area contributed by atoms with Gasteiger partial charge in [-0.25, -0.2) is 9.97 Å². The molecule has 0 aromatic carbocycles. The minimum Gasteiger partial charge on any atom is -0.293 e. The normalized spacial score (nSPS) is 10.7. The molecule has 0 radical (unpaired) electrons. The van der Waals surface area contributed by atoms with Crippen LogP contribution in [0.4, 0.5) is 0 Å². The molecular weight excluding hydrogens is 412 g/mol. The summed E-state index contributed by atoms with van der Waals surface area (Å²) in [5.41, 5.74) is 2.54. The summed E-state index contributed by atoms with van der Waals surface area (Å²) in [6.07, 6.45) is 0. The Bertz CT molecular complexity index is 608. The van der Waals surface area contributed by atoms with Gasteiger partial charge in [-0.15, -0.1) is 11.3 Å². The van der Waals surface area contributed by atoms with Gasteiger partial charge in [0.05, 0.1) is 13.3 Å². The minimum atomic E-state index is 0.0709. The number of aryl methyl sites for hydroxylation is 2. The number of Topliss-reactive ketones (excluding diaryl/α,β-unsaturated/α-hetero) is 1. The number of thiophene rings is 1. The zero-order valence-electron chi connectivity index (χ0n) is 10.2. The van der Waals surface area contributed by atoms with Gasteiger partial charge >= 0.3 is 0 Å². The Morgan fingerprint density at radius 2 is 1.89 bits per heavy atom. The molecule has 100 valence electrons. The van der Waals surface area contributed by atoms with E-state index in [0.29, 0.717) is 16.5 Å². The molecule has 0 amide bonds. The molecule has 2 aromatic heterocycles. The van der Waals surface area contributed by atoms with Crippen molar-refractivity contribution >= 4 is 60.7 Å². The van der Waals surface area contributed by atoms with Gasteiger partial charge in [-0.2, -0.15) is 0 Å². The molecule has 0 saturated carbocycles. The van der Waals surface area contributed by atoms with E-state index in [4.69, 9.17) is 0 Å². The van der Waals surface area contributed by atoms with Crippen LogP contribution in [0.2, 0.25) is 0 Å². The third-order valence-electron chi connectivity index (χ3n) is 2.25. The summed E-state index contributed by atoms with van der Waals surface area (Å²) in [6, 6.07) is 3.75. The molecule has 0 aliphatic carbocycles. The lowest BCUT2D eigenvalue weighted by atomic mass is 10.2. The van der Waals surface area contributed by atoms with E-state index in [9.17, 15) is 4.79 Å². The van der Waals surface area contributed by atoms with Crippen molar-refractivity contribution in [1.29, 1.82) is 0 Å². The number of thioether (sulfide) groups is 1. The molecule has 19 heavy (non-hydrogen) atoms. The predicted octanol–water partition coefficient (Wildman–Crippen LogP) is 4.65. The molecule has 0 atom stereocenters. The highest BCUT2D eigenvalue weighted by molar-refractivity contribution is 9.12. The van der Waals surface area contributed by atoms with Crippen LogP contribution >= 0.6 is 55.0 Å². The SMILES string of the molecule is Cc1cc(C)nc(SCC(=O)c2cc(Br)sc2Br)n1. The maximum absolute atomic E-state index is 12.1. The van der Waals surface area contributed by atoms with Crippen LogP contribution in [-0.2, 0) is 0 Å². The van der Waals surface area contributed by atoms with Crippen LogP contribution in [0, 0.1) is 13.8 Å². The molecule has 7 heteroatoms. The maximum Gasteiger partial charge on any atom is 0.188 e. The standard InChI is InChI=1S/C12H10Br2N2OS2/c1-6-3-7(2)16-12(15-6)18-5-9(17)8-4-10(13)19-11(8)14/h3-4H,5H2,1-2H3. The second-order valence-corrected chi connectivity index (χ2v) is 8.57. The Morgan fingerprint density at radius 3 is 2.42 bits per heavy atom. The van der Waals surface area contributed by atoms with E-state index in [1.165, 1.54) is 23.1 Å². The molecule has 0 aliphatic heterocycles. The maximum atomic E-state index is 12.1. The Morgan fingerprint density at radius 1 is 1.26 bits per heavy atom. The number of hydrogen-bond acceptors (Lipinski definition) is 5. The summed E-state index contributed by atoms with van der Waals surface area (Å²) in [7, 11) is 0. The van der Waals surface area contributed by atoms with Crippen molar-refractivity contribution < 1.29 is 4.79 Å².